The van der Waals surface area contributed by atoms with Crippen LogP contribution in [0.4, 0.5) is 0 Å². The van der Waals surface area contributed by atoms with Crippen molar-refractivity contribution in [1.29, 1.82) is 0 Å². The van der Waals surface area contributed by atoms with Crippen LogP contribution in [0.2, 0.25) is 0 Å². The Balaban J connectivity index is 2.25. The maximum absolute atomic E-state index is 12.4. The van der Waals surface area contributed by atoms with Crippen LogP contribution >= 0.6 is 0 Å². The summed E-state index contributed by atoms with van der Waals surface area (Å²) in [7, 11) is 0. The second-order valence-electron chi connectivity index (χ2n) is 5.20. The fourth-order valence-electron chi connectivity index (χ4n) is 2.58. The van der Waals surface area contributed by atoms with Gasteiger partial charge in [-0.2, -0.15) is 0 Å². The first-order chi connectivity index (χ1) is 9.96. The SMILES string of the molecule is C=CC1=C(/C=C(/C)C=C)CN(C2CC(=O)NC(=O)C2)C1=O. The van der Waals surface area contributed by atoms with E-state index in [4.69, 9.17) is 0 Å². The number of allylic oxidation sites excluding steroid dienone is 2. The van der Waals surface area contributed by atoms with Crippen LogP contribution in [0.15, 0.2) is 48.1 Å². The van der Waals surface area contributed by atoms with Crippen molar-refractivity contribution in [3.63, 3.8) is 0 Å². The Hall–Kier alpha value is -2.43. The number of hydrogen-bond donors (Lipinski definition) is 1. The number of carbonyl (C=O) groups is 3. The lowest BCUT2D eigenvalue weighted by molar-refractivity contribution is -0.137. The van der Waals surface area contributed by atoms with Crippen molar-refractivity contribution >= 4 is 17.7 Å². The highest BCUT2D eigenvalue weighted by molar-refractivity contribution is 6.03. The van der Waals surface area contributed by atoms with Crippen molar-refractivity contribution in [1.82, 2.24) is 10.2 Å². The molecule has 1 fully saturated rings. The van der Waals surface area contributed by atoms with Crippen LogP contribution < -0.4 is 5.32 Å². The normalized spacial score (nSPS) is 20.9. The maximum atomic E-state index is 12.4. The van der Waals surface area contributed by atoms with E-state index >= 15 is 0 Å². The first-order valence-electron chi connectivity index (χ1n) is 6.76. The molecule has 2 rings (SSSR count). The zero-order valence-electron chi connectivity index (χ0n) is 12.0. The van der Waals surface area contributed by atoms with E-state index in [0.29, 0.717) is 12.1 Å². The third-order valence-electron chi connectivity index (χ3n) is 3.67. The number of amides is 3. The van der Waals surface area contributed by atoms with E-state index in [1.807, 2.05) is 13.0 Å². The molecule has 0 bridgehead atoms. The number of nitrogens with one attached hydrogen (secondary N) is 1. The quantitative estimate of drug-likeness (QED) is 0.625. The predicted molar refractivity (Wildman–Crippen MR) is 79.1 cm³/mol. The van der Waals surface area contributed by atoms with E-state index < -0.39 is 0 Å². The molecular weight excluding hydrogens is 268 g/mol. The van der Waals surface area contributed by atoms with Gasteiger partial charge in [-0.15, -0.1) is 0 Å². The van der Waals surface area contributed by atoms with Gasteiger partial charge in [-0.25, -0.2) is 0 Å². The van der Waals surface area contributed by atoms with Gasteiger partial charge in [-0.05, 0) is 12.5 Å². The van der Waals surface area contributed by atoms with Gasteiger partial charge in [0.15, 0.2) is 0 Å². The standard InChI is InChI=1S/C16H18N2O3/c1-4-10(3)6-11-9-18(16(21)13(11)5-2)12-7-14(19)17-15(20)8-12/h4-6,12H,1-2,7-9H2,3H3,(H,17,19,20)/b10-6-. The highest BCUT2D eigenvalue weighted by Gasteiger charge is 2.37. The Morgan fingerprint density at radius 3 is 2.38 bits per heavy atom. The van der Waals surface area contributed by atoms with Crippen LogP contribution in [0.5, 0.6) is 0 Å². The van der Waals surface area contributed by atoms with Crippen LogP contribution in [-0.4, -0.2) is 35.2 Å². The Morgan fingerprint density at radius 2 is 1.86 bits per heavy atom. The molecule has 1 saturated heterocycles. The van der Waals surface area contributed by atoms with Crippen LogP contribution in [0, 0.1) is 0 Å². The highest BCUT2D eigenvalue weighted by Crippen LogP contribution is 2.27. The van der Waals surface area contributed by atoms with Crippen LogP contribution in [0.1, 0.15) is 19.8 Å². The molecule has 5 nitrogen and oxygen atoms in total. The summed E-state index contributed by atoms with van der Waals surface area (Å²) in [6, 6.07) is -0.386. The van der Waals surface area contributed by atoms with E-state index in [1.54, 1.807) is 11.0 Å². The lowest BCUT2D eigenvalue weighted by Gasteiger charge is -2.30. The summed E-state index contributed by atoms with van der Waals surface area (Å²) >= 11 is 0. The average molecular weight is 286 g/mol. The zero-order valence-corrected chi connectivity index (χ0v) is 12.0. The molecule has 0 aromatic carbocycles. The van der Waals surface area contributed by atoms with Gasteiger partial charge >= 0.3 is 0 Å². The van der Waals surface area contributed by atoms with Crippen molar-refractivity contribution < 1.29 is 14.4 Å². The molecule has 0 aromatic rings. The first-order valence-corrected chi connectivity index (χ1v) is 6.76. The zero-order chi connectivity index (χ0) is 15.6. The average Bonchev–Trinajstić information content (AvgIpc) is 2.73. The Bertz CT molecular complexity index is 583. The number of hydrogen-bond acceptors (Lipinski definition) is 3. The lowest BCUT2D eigenvalue weighted by Crippen LogP contribution is -2.49. The topological polar surface area (TPSA) is 66.5 Å². The summed E-state index contributed by atoms with van der Waals surface area (Å²) in [5.41, 5.74) is 2.30. The fourth-order valence-corrected chi connectivity index (χ4v) is 2.58. The van der Waals surface area contributed by atoms with Gasteiger partial charge in [0.1, 0.15) is 0 Å². The number of piperidine rings is 1. The molecule has 0 spiro atoms. The minimum Gasteiger partial charge on any atom is -0.330 e. The molecule has 0 radical (unpaired) electrons. The highest BCUT2D eigenvalue weighted by atomic mass is 16.2. The molecule has 2 heterocycles. The summed E-state index contributed by atoms with van der Waals surface area (Å²) in [5.74, 6) is -0.855. The van der Waals surface area contributed by atoms with Crippen LogP contribution in [0.3, 0.4) is 0 Å². The van der Waals surface area contributed by atoms with Gasteiger partial charge < -0.3 is 4.90 Å². The van der Waals surface area contributed by atoms with E-state index in [0.717, 1.165) is 11.1 Å². The lowest BCUT2D eigenvalue weighted by atomic mass is 10.0. The molecule has 0 aromatic heterocycles. The molecule has 0 aliphatic carbocycles. The van der Waals surface area contributed by atoms with E-state index in [9.17, 15) is 14.4 Å². The van der Waals surface area contributed by atoms with Crippen LogP contribution in [-0.2, 0) is 14.4 Å². The van der Waals surface area contributed by atoms with Crippen molar-refractivity contribution in [2.45, 2.75) is 25.8 Å². The van der Waals surface area contributed by atoms with Gasteiger partial charge in [0, 0.05) is 31.0 Å². The molecule has 2 aliphatic rings. The second kappa shape index (κ2) is 5.91. The summed E-state index contributed by atoms with van der Waals surface area (Å²) in [6.07, 6.45) is 5.42. The summed E-state index contributed by atoms with van der Waals surface area (Å²) in [5, 5.41) is 2.25. The predicted octanol–water partition coefficient (Wildman–Crippen LogP) is 1.25. The van der Waals surface area contributed by atoms with E-state index in [-0.39, 0.29) is 36.6 Å². The molecule has 2 aliphatic heterocycles. The third kappa shape index (κ3) is 3.02. The number of carbonyl (C=O) groups excluding carboxylic acids is 3. The maximum Gasteiger partial charge on any atom is 0.254 e. The molecule has 0 atom stereocenters. The minimum absolute atomic E-state index is 0.152. The molecule has 3 amide bonds. The minimum atomic E-state index is -0.386. The summed E-state index contributed by atoms with van der Waals surface area (Å²) in [6.45, 7) is 9.65. The number of rotatable bonds is 4. The molecule has 0 saturated carbocycles. The smallest absolute Gasteiger partial charge is 0.254 e. The Labute approximate surface area is 123 Å². The van der Waals surface area contributed by atoms with Crippen molar-refractivity contribution in [3.05, 3.63) is 48.1 Å². The first kappa shape index (κ1) is 15.0. The molecule has 110 valence electrons. The molecule has 1 N–H and O–H groups in total. The number of nitrogens with zero attached hydrogens (tertiary/aromatic N) is 1. The van der Waals surface area contributed by atoms with Crippen molar-refractivity contribution in [3.8, 4) is 0 Å². The van der Waals surface area contributed by atoms with Crippen molar-refractivity contribution in [2.24, 2.45) is 0 Å². The van der Waals surface area contributed by atoms with Gasteiger partial charge in [0.25, 0.3) is 5.91 Å². The summed E-state index contributed by atoms with van der Waals surface area (Å²) < 4.78 is 0. The van der Waals surface area contributed by atoms with Gasteiger partial charge in [0.2, 0.25) is 11.8 Å². The summed E-state index contributed by atoms with van der Waals surface area (Å²) in [4.78, 5) is 37.0. The van der Waals surface area contributed by atoms with E-state index in [1.165, 1.54) is 6.08 Å². The van der Waals surface area contributed by atoms with E-state index in [2.05, 4.69) is 18.5 Å². The Morgan fingerprint density at radius 1 is 1.24 bits per heavy atom. The molecule has 5 heteroatoms. The number of imide groups is 1. The monoisotopic (exact) mass is 286 g/mol. The Kier molecular flexibility index (Phi) is 4.21. The second-order valence-corrected chi connectivity index (χ2v) is 5.20. The van der Waals surface area contributed by atoms with Gasteiger partial charge in [-0.1, -0.05) is 37.0 Å². The van der Waals surface area contributed by atoms with Gasteiger partial charge in [-0.3, -0.25) is 19.7 Å². The molecule has 21 heavy (non-hydrogen) atoms. The van der Waals surface area contributed by atoms with Gasteiger partial charge in [0.05, 0.1) is 0 Å². The largest absolute Gasteiger partial charge is 0.330 e. The molecular formula is C16H18N2O3. The third-order valence-corrected chi connectivity index (χ3v) is 3.67. The molecule has 0 unspecified atom stereocenters. The van der Waals surface area contributed by atoms with Crippen LogP contribution in [0.25, 0.3) is 0 Å². The van der Waals surface area contributed by atoms with Crippen molar-refractivity contribution in [2.75, 3.05) is 6.54 Å². The fraction of sp³-hybridized carbons (Fsp3) is 0.312.